The predicted molar refractivity (Wildman–Crippen MR) is 125 cm³/mol. The molecule has 2 heterocycles. The molecule has 3 aromatic rings. The van der Waals surface area contributed by atoms with E-state index in [1.165, 1.54) is 11.9 Å². The Balaban J connectivity index is 1.75. The van der Waals surface area contributed by atoms with E-state index in [9.17, 15) is 4.79 Å². The van der Waals surface area contributed by atoms with Crippen LogP contribution in [-0.2, 0) is 16.1 Å². The summed E-state index contributed by atoms with van der Waals surface area (Å²) in [6.07, 6.45) is 2.21. The first-order valence-corrected chi connectivity index (χ1v) is 11.3. The third kappa shape index (κ3) is 4.55. The van der Waals surface area contributed by atoms with Gasteiger partial charge in [0.05, 0.1) is 12.2 Å². The number of ether oxygens (including phenoxy) is 2. The van der Waals surface area contributed by atoms with Crippen LogP contribution in [0.1, 0.15) is 43.0 Å². The van der Waals surface area contributed by atoms with Crippen LogP contribution in [0, 0.1) is 6.92 Å². The van der Waals surface area contributed by atoms with Crippen LogP contribution in [0.4, 0.5) is 5.95 Å². The Hall–Kier alpha value is -3.13. The fourth-order valence-corrected chi connectivity index (χ4v) is 4.00. The lowest BCUT2D eigenvalue weighted by atomic mass is 9.95. The second kappa shape index (κ2) is 9.56. The molecule has 1 N–H and O–H groups in total. The van der Waals surface area contributed by atoms with Crippen LogP contribution in [0.2, 0.25) is 0 Å². The Labute approximate surface area is 195 Å². The van der Waals surface area contributed by atoms with Gasteiger partial charge >= 0.3 is 5.97 Å². The van der Waals surface area contributed by atoms with Crippen molar-refractivity contribution < 1.29 is 14.3 Å². The minimum Gasteiger partial charge on any atom is -0.489 e. The predicted octanol–water partition coefficient (Wildman–Crippen LogP) is 5.17. The first-order valence-electron chi connectivity index (χ1n) is 10.5. The first-order chi connectivity index (χ1) is 15.5. The van der Waals surface area contributed by atoms with E-state index in [1.54, 1.807) is 4.68 Å². The Morgan fingerprint density at radius 1 is 1.19 bits per heavy atom. The Morgan fingerprint density at radius 2 is 1.97 bits per heavy atom. The molecule has 1 aromatic heterocycles. The standard InChI is InChI=1S/C24H25BrN4O3/c1-4-11-31-23(30)21-16(3)28-24-26-14-27-29(24)22(21)19-12-18(25)9-10-20(19)32-13-17-7-5-15(2)6-8-17/h5-10,12,14,22H,4,11,13H2,1-3H3,(H,26,27,28). The minimum atomic E-state index is -0.538. The normalized spacial score (nSPS) is 15.2. The van der Waals surface area contributed by atoms with Crippen LogP contribution < -0.4 is 10.1 Å². The number of benzene rings is 2. The lowest BCUT2D eigenvalue weighted by Gasteiger charge is -2.29. The molecule has 8 heteroatoms. The molecule has 166 valence electrons. The monoisotopic (exact) mass is 496 g/mol. The third-order valence-electron chi connectivity index (χ3n) is 5.23. The van der Waals surface area contributed by atoms with E-state index >= 15 is 0 Å². The van der Waals surface area contributed by atoms with Crippen molar-refractivity contribution in [1.29, 1.82) is 0 Å². The number of fused-ring (bicyclic) bond motifs is 1. The lowest BCUT2D eigenvalue weighted by molar-refractivity contribution is -0.139. The summed E-state index contributed by atoms with van der Waals surface area (Å²) in [5.41, 5.74) is 4.21. The van der Waals surface area contributed by atoms with Gasteiger partial charge in [0.2, 0.25) is 5.95 Å². The topological polar surface area (TPSA) is 78.3 Å². The molecule has 0 spiro atoms. The van der Waals surface area contributed by atoms with Crippen LogP contribution in [0.25, 0.3) is 0 Å². The van der Waals surface area contributed by atoms with Gasteiger partial charge in [0.15, 0.2) is 0 Å². The van der Waals surface area contributed by atoms with Gasteiger partial charge in [0, 0.05) is 15.7 Å². The molecule has 0 bridgehead atoms. The number of hydrogen-bond donors (Lipinski definition) is 1. The van der Waals surface area contributed by atoms with Gasteiger partial charge in [0.1, 0.15) is 24.7 Å². The highest BCUT2D eigenvalue weighted by Crippen LogP contribution is 2.40. The second-order valence-corrected chi connectivity index (χ2v) is 8.60. The van der Waals surface area contributed by atoms with E-state index in [2.05, 4.69) is 50.4 Å². The van der Waals surface area contributed by atoms with Gasteiger partial charge in [-0.25, -0.2) is 9.48 Å². The molecule has 0 saturated heterocycles. The molecular weight excluding hydrogens is 472 g/mol. The zero-order valence-electron chi connectivity index (χ0n) is 18.3. The number of carbonyl (C=O) groups excluding carboxylic acids is 1. The maximum atomic E-state index is 13.1. The lowest BCUT2D eigenvalue weighted by Crippen LogP contribution is -2.30. The average Bonchev–Trinajstić information content (AvgIpc) is 3.24. The Bertz CT molecular complexity index is 1150. The summed E-state index contributed by atoms with van der Waals surface area (Å²) in [5.74, 6) is 0.840. The molecule has 1 unspecified atom stereocenters. The zero-order chi connectivity index (χ0) is 22.7. The van der Waals surface area contributed by atoms with E-state index in [0.717, 1.165) is 22.0 Å². The van der Waals surface area contributed by atoms with Crippen molar-refractivity contribution in [3.8, 4) is 5.75 Å². The maximum absolute atomic E-state index is 13.1. The highest BCUT2D eigenvalue weighted by Gasteiger charge is 2.36. The molecule has 1 aliphatic heterocycles. The summed E-state index contributed by atoms with van der Waals surface area (Å²) >= 11 is 3.56. The van der Waals surface area contributed by atoms with Crippen LogP contribution in [-0.4, -0.2) is 27.3 Å². The summed E-state index contributed by atoms with van der Waals surface area (Å²) in [7, 11) is 0. The van der Waals surface area contributed by atoms with Gasteiger partial charge in [-0.1, -0.05) is 52.7 Å². The molecule has 1 aliphatic rings. The molecule has 32 heavy (non-hydrogen) atoms. The van der Waals surface area contributed by atoms with Gasteiger partial charge in [-0.15, -0.1) is 0 Å². The second-order valence-electron chi connectivity index (χ2n) is 7.69. The molecule has 2 aromatic carbocycles. The number of carbonyl (C=O) groups is 1. The first kappa shape index (κ1) is 22.1. The summed E-state index contributed by atoms with van der Waals surface area (Å²) in [5, 5.41) is 7.55. The number of esters is 1. The largest absolute Gasteiger partial charge is 0.489 e. The molecule has 0 fully saturated rings. The number of nitrogens with zero attached hydrogens (tertiary/aromatic N) is 3. The number of nitrogens with one attached hydrogen (secondary N) is 1. The van der Waals surface area contributed by atoms with E-state index < -0.39 is 6.04 Å². The molecule has 0 saturated carbocycles. The van der Waals surface area contributed by atoms with Crippen molar-refractivity contribution >= 4 is 27.8 Å². The van der Waals surface area contributed by atoms with Crippen molar-refractivity contribution in [2.45, 2.75) is 39.8 Å². The van der Waals surface area contributed by atoms with Crippen LogP contribution in [0.15, 0.2) is 64.5 Å². The highest BCUT2D eigenvalue weighted by molar-refractivity contribution is 9.10. The molecule has 7 nitrogen and oxygen atoms in total. The summed E-state index contributed by atoms with van der Waals surface area (Å²) < 4.78 is 14.3. The van der Waals surface area contributed by atoms with Crippen molar-refractivity contribution in [2.24, 2.45) is 0 Å². The minimum absolute atomic E-state index is 0.349. The molecule has 4 rings (SSSR count). The Kier molecular flexibility index (Phi) is 6.60. The molecule has 0 aliphatic carbocycles. The Morgan fingerprint density at radius 3 is 2.72 bits per heavy atom. The fourth-order valence-electron chi connectivity index (χ4n) is 3.63. The molecular formula is C24H25BrN4O3. The van der Waals surface area contributed by atoms with E-state index in [1.807, 2.05) is 44.2 Å². The van der Waals surface area contributed by atoms with Gasteiger partial charge in [-0.05, 0) is 44.0 Å². The van der Waals surface area contributed by atoms with Gasteiger partial charge in [-0.2, -0.15) is 10.1 Å². The van der Waals surface area contributed by atoms with Crippen molar-refractivity contribution in [2.75, 3.05) is 11.9 Å². The number of hydrogen-bond acceptors (Lipinski definition) is 6. The maximum Gasteiger partial charge on any atom is 0.338 e. The van der Waals surface area contributed by atoms with Crippen molar-refractivity contribution in [1.82, 2.24) is 14.8 Å². The molecule has 0 radical (unpaired) electrons. The zero-order valence-corrected chi connectivity index (χ0v) is 19.8. The number of allylic oxidation sites excluding steroid dienone is 1. The van der Waals surface area contributed by atoms with Gasteiger partial charge in [0.25, 0.3) is 0 Å². The summed E-state index contributed by atoms with van der Waals surface area (Å²) in [6, 6.07) is 13.4. The van der Waals surface area contributed by atoms with Crippen molar-refractivity contribution in [3.63, 3.8) is 0 Å². The average molecular weight is 497 g/mol. The van der Waals surface area contributed by atoms with E-state index in [0.29, 0.717) is 36.2 Å². The number of halogens is 1. The molecule has 1 atom stereocenters. The number of aromatic nitrogens is 3. The highest BCUT2D eigenvalue weighted by atomic mass is 79.9. The quantitative estimate of drug-likeness (QED) is 0.454. The van der Waals surface area contributed by atoms with Gasteiger partial charge in [-0.3, -0.25) is 0 Å². The SMILES string of the molecule is CCCOC(=O)C1=C(C)Nc2ncnn2C1c1cc(Br)ccc1OCc1ccc(C)cc1. The van der Waals surface area contributed by atoms with Crippen LogP contribution in [0.3, 0.4) is 0 Å². The number of aryl methyl sites for hydroxylation is 1. The van der Waals surface area contributed by atoms with Crippen LogP contribution in [0.5, 0.6) is 5.75 Å². The fraction of sp³-hybridized carbons (Fsp3) is 0.292. The third-order valence-corrected chi connectivity index (χ3v) is 5.73. The summed E-state index contributed by atoms with van der Waals surface area (Å²) in [4.78, 5) is 17.4. The molecule has 0 amide bonds. The van der Waals surface area contributed by atoms with Gasteiger partial charge < -0.3 is 14.8 Å². The van der Waals surface area contributed by atoms with E-state index in [-0.39, 0.29) is 5.97 Å². The van der Waals surface area contributed by atoms with Crippen LogP contribution >= 0.6 is 15.9 Å². The van der Waals surface area contributed by atoms with Crippen molar-refractivity contribution in [3.05, 3.63) is 81.2 Å². The number of anilines is 1. The smallest absolute Gasteiger partial charge is 0.338 e. The van der Waals surface area contributed by atoms with E-state index in [4.69, 9.17) is 9.47 Å². The number of rotatable bonds is 7. The summed E-state index contributed by atoms with van der Waals surface area (Å²) in [6.45, 7) is 6.62.